The smallest absolute Gasteiger partial charge is 0.233 e. The minimum absolute atomic E-state index is 0.0459. The molecule has 0 unspecified atom stereocenters. The van der Waals surface area contributed by atoms with Gasteiger partial charge in [0.2, 0.25) is 5.91 Å². The number of hydrogen-bond donors (Lipinski definition) is 0. The van der Waals surface area contributed by atoms with E-state index >= 15 is 0 Å². The van der Waals surface area contributed by atoms with Gasteiger partial charge in [0, 0.05) is 13.1 Å². The van der Waals surface area contributed by atoms with Crippen molar-refractivity contribution in [2.24, 2.45) is 0 Å². The lowest BCUT2D eigenvalue weighted by Gasteiger charge is -2.19. The summed E-state index contributed by atoms with van der Waals surface area (Å²) < 4.78 is 14.7. The summed E-state index contributed by atoms with van der Waals surface area (Å²) >= 11 is 1.31. The predicted octanol–water partition coefficient (Wildman–Crippen LogP) is 2.81. The molecule has 0 aliphatic rings. The first-order valence-electron chi connectivity index (χ1n) is 8.36. The number of halogens is 1. The maximum Gasteiger partial charge on any atom is 0.233 e. The summed E-state index contributed by atoms with van der Waals surface area (Å²) in [6.07, 6.45) is 3.37. The molecule has 0 radical (unpaired) electrons. The highest BCUT2D eigenvalue weighted by Gasteiger charge is 2.15. The molecule has 0 atom stereocenters. The highest BCUT2D eigenvalue weighted by molar-refractivity contribution is 8.00. The maximum absolute atomic E-state index is 13.1. The van der Waals surface area contributed by atoms with E-state index in [9.17, 15) is 9.18 Å². The Kier molecular flexibility index (Phi) is 5.98. The number of fused-ring (bicyclic) bond motifs is 1. The Morgan fingerprint density at radius 2 is 2.11 bits per heavy atom. The van der Waals surface area contributed by atoms with Crippen molar-refractivity contribution in [3.8, 4) is 11.8 Å². The molecular weight excluding hydrogens is 367 g/mol. The average molecular weight is 384 g/mol. The fraction of sp³-hybridized carbons (Fsp3) is 0.278. The second-order valence-electron chi connectivity index (χ2n) is 5.62. The summed E-state index contributed by atoms with van der Waals surface area (Å²) in [5.41, 5.74) is 1.27. The highest BCUT2D eigenvalue weighted by Crippen LogP contribution is 2.26. The zero-order valence-electron chi connectivity index (χ0n) is 14.7. The Bertz CT molecular complexity index is 982. The highest BCUT2D eigenvalue weighted by atomic mass is 32.2. The van der Waals surface area contributed by atoms with Gasteiger partial charge in [-0.2, -0.15) is 10.4 Å². The normalized spacial score (nSPS) is 10.7. The van der Waals surface area contributed by atoms with E-state index in [4.69, 9.17) is 5.26 Å². The average Bonchev–Trinajstić information content (AvgIpc) is 3.12. The van der Waals surface area contributed by atoms with Gasteiger partial charge in [0.15, 0.2) is 5.65 Å². The third-order valence-corrected chi connectivity index (χ3v) is 4.95. The molecule has 27 heavy (non-hydrogen) atoms. The Balaban J connectivity index is 1.79. The summed E-state index contributed by atoms with van der Waals surface area (Å²) in [5.74, 6) is -0.153. The molecule has 0 aliphatic carbocycles. The third-order valence-electron chi connectivity index (χ3n) is 3.96. The molecule has 3 rings (SSSR count). The number of benzene rings is 1. The van der Waals surface area contributed by atoms with Crippen LogP contribution in [-0.4, -0.2) is 49.4 Å². The minimum Gasteiger partial charge on any atom is -0.341 e. The summed E-state index contributed by atoms with van der Waals surface area (Å²) in [6.45, 7) is 2.87. The van der Waals surface area contributed by atoms with E-state index in [2.05, 4.69) is 21.1 Å². The monoisotopic (exact) mass is 384 g/mol. The number of nitriles is 1. The zero-order valence-corrected chi connectivity index (χ0v) is 15.5. The van der Waals surface area contributed by atoms with E-state index in [1.54, 1.807) is 27.9 Å². The summed E-state index contributed by atoms with van der Waals surface area (Å²) in [6, 6.07) is 8.01. The van der Waals surface area contributed by atoms with Gasteiger partial charge >= 0.3 is 0 Å². The van der Waals surface area contributed by atoms with E-state index in [-0.39, 0.29) is 17.5 Å². The van der Waals surface area contributed by atoms with Gasteiger partial charge in [-0.3, -0.25) is 4.79 Å². The first-order valence-corrected chi connectivity index (χ1v) is 9.34. The maximum atomic E-state index is 13.1. The summed E-state index contributed by atoms with van der Waals surface area (Å²) in [4.78, 5) is 22.5. The molecule has 1 amide bonds. The van der Waals surface area contributed by atoms with Crippen LogP contribution in [-0.2, 0) is 4.79 Å². The van der Waals surface area contributed by atoms with Gasteiger partial charge in [-0.15, -0.1) is 0 Å². The number of carbonyl (C=O) groups is 1. The Morgan fingerprint density at radius 3 is 2.81 bits per heavy atom. The van der Waals surface area contributed by atoms with Gasteiger partial charge in [-0.25, -0.2) is 19.0 Å². The molecule has 0 fully saturated rings. The molecule has 9 heteroatoms. The van der Waals surface area contributed by atoms with Crippen molar-refractivity contribution in [1.82, 2.24) is 24.6 Å². The van der Waals surface area contributed by atoms with Crippen molar-refractivity contribution in [1.29, 1.82) is 5.26 Å². The fourth-order valence-electron chi connectivity index (χ4n) is 2.57. The number of rotatable bonds is 7. The lowest BCUT2D eigenvalue weighted by molar-refractivity contribution is -0.128. The van der Waals surface area contributed by atoms with Crippen LogP contribution in [0.25, 0.3) is 16.7 Å². The Labute approximate surface area is 159 Å². The van der Waals surface area contributed by atoms with Crippen LogP contribution in [0.2, 0.25) is 0 Å². The molecule has 0 aliphatic heterocycles. The number of amides is 1. The van der Waals surface area contributed by atoms with Gasteiger partial charge in [-0.05, 0) is 31.2 Å². The van der Waals surface area contributed by atoms with Gasteiger partial charge in [-0.1, -0.05) is 11.8 Å². The Morgan fingerprint density at radius 1 is 1.33 bits per heavy atom. The molecule has 7 nitrogen and oxygen atoms in total. The molecule has 3 aromatic rings. The van der Waals surface area contributed by atoms with Crippen LogP contribution < -0.4 is 0 Å². The third kappa shape index (κ3) is 4.23. The molecule has 0 saturated carbocycles. The number of aromatic nitrogens is 4. The van der Waals surface area contributed by atoms with Crippen LogP contribution in [0.4, 0.5) is 4.39 Å². The first kappa shape index (κ1) is 18.8. The van der Waals surface area contributed by atoms with Crippen LogP contribution in [0.3, 0.4) is 0 Å². The minimum atomic E-state index is -0.323. The molecule has 0 spiro atoms. The van der Waals surface area contributed by atoms with Crippen molar-refractivity contribution in [2.75, 3.05) is 18.8 Å². The van der Waals surface area contributed by atoms with Gasteiger partial charge in [0.25, 0.3) is 0 Å². The van der Waals surface area contributed by atoms with Crippen molar-refractivity contribution < 1.29 is 9.18 Å². The van der Waals surface area contributed by atoms with E-state index < -0.39 is 0 Å². The number of nitrogens with zero attached hydrogens (tertiary/aromatic N) is 6. The first-order chi connectivity index (χ1) is 13.1. The topological polar surface area (TPSA) is 87.7 Å². The second kappa shape index (κ2) is 8.60. The predicted molar refractivity (Wildman–Crippen MR) is 99.8 cm³/mol. The van der Waals surface area contributed by atoms with Crippen LogP contribution in [0.5, 0.6) is 0 Å². The number of hydrogen-bond acceptors (Lipinski definition) is 6. The van der Waals surface area contributed by atoms with Gasteiger partial charge < -0.3 is 4.90 Å². The molecule has 2 aromatic heterocycles. The standard InChI is InChI=1S/C18H17FN6OS/c1-2-24(9-3-8-20)16(26)11-27-18-15-10-23-25(17(15)21-12-22-18)14-6-4-13(19)5-7-14/h4-7,10,12H,2-3,9,11H2,1H3. The molecule has 0 saturated heterocycles. The van der Waals surface area contributed by atoms with E-state index in [0.29, 0.717) is 35.9 Å². The van der Waals surface area contributed by atoms with E-state index in [1.807, 2.05) is 6.92 Å². The van der Waals surface area contributed by atoms with Crippen molar-refractivity contribution >= 4 is 28.7 Å². The molecule has 0 N–H and O–H groups in total. The van der Waals surface area contributed by atoms with E-state index in [0.717, 1.165) is 5.39 Å². The number of carbonyl (C=O) groups excluding carboxylic acids is 1. The second-order valence-corrected chi connectivity index (χ2v) is 6.58. The van der Waals surface area contributed by atoms with Gasteiger partial charge in [0.1, 0.15) is 17.2 Å². The molecular formula is C18H17FN6OS. The molecule has 0 bridgehead atoms. The van der Waals surface area contributed by atoms with Crippen LogP contribution in [0.15, 0.2) is 41.8 Å². The largest absolute Gasteiger partial charge is 0.341 e. The zero-order chi connectivity index (χ0) is 19.2. The fourth-order valence-corrected chi connectivity index (χ4v) is 3.44. The van der Waals surface area contributed by atoms with Crippen LogP contribution >= 0.6 is 11.8 Å². The van der Waals surface area contributed by atoms with Crippen molar-refractivity contribution in [2.45, 2.75) is 18.4 Å². The molecule has 138 valence electrons. The van der Waals surface area contributed by atoms with Crippen molar-refractivity contribution in [3.63, 3.8) is 0 Å². The SMILES string of the molecule is CCN(CCC#N)C(=O)CSc1ncnc2c1cnn2-c1ccc(F)cc1. The summed E-state index contributed by atoms with van der Waals surface area (Å²) in [7, 11) is 0. The summed E-state index contributed by atoms with van der Waals surface area (Å²) in [5, 5.41) is 14.4. The van der Waals surface area contributed by atoms with E-state index in [1.165, 1.54) is 30.2 Å². The van der Waals surface area contributed by atoms with Crippen LogP contribution in [0.1, 0.15) is 13.3 Å². The van der Waals surface area contributed by atoms with Gasteiger partial charge in [0.05, 0.1) is 35.5 Å². The Hall–Kier alpha value is -2.99. The number of thioether (sulfide) groups is 1. The lowest BCUT2D eigenvalue weighted by atomic mass is 10.3. The quantitative estimate of drug-likeness (QED) is 0.460. The molecule has 1 aromatic carbocycles. The van der Waals surface area contributed by atoms with Crippen LogP contribution in [0, 0.1) is 17.1 Å². The lowest BCUT2D eigenvalue weighted by Crippen LogP contribution is -2.33. The molecule has 2 heterocycles. The van der Waals surface area contributed by atoms with Crippen molar-refractivity contribution in [3.05, 3.63) is 42.6 Å².